The van der Waals surface area contributed by atoms with Gasteiger partial charge in [0, 0.05) is 97.4 Å². The van der Waals surface area contributed by atoms with Gasteiger partial charge in [-0.2, -0.15) is 0 Å². The summed E-state index contributed by atoms with van der Waals surface area (Å²) in [4.78, 5) is 18.5. The van der Waals surface area contributed by atoms with Gasteiger partial charge in [-0.1, -0.05) is 220 Å². The van der Waals surface area contributed by atoms with Crippen molar-refractivity contribution in [1.29, 1.82) is 0 Å². The molecule has 2 aliphatic heterocycles. The van der Waals surface area contributed by atoms with E-state index in [1.807, 2.05) is 60.9 Å². The van der Waals surface area contributed by atoms with Gasteiger partial charge in [-0.05, 0) is 165 Å². The number of anilines is 12. The van der Waals surface area contributed by atoms with Gasteiger partial charge in [-0.3, -0.25) is 9.80 Å². The fraction of sp³-hybridized carbons (Fsp3) is 0.0444. The Hall–Kier alpha value is -12.3. The molecule has 0 saturated carbocycles. The molecule has 0 bridgehead atoms. The third-order valence-electron chi connectivity index (χ3n) is 19.7. The summed E-state index contributed by atoms with van der Waals surface area (Å²) >= 11 is 0. The maximum atomic E-state index is 7.08. The second-order valence-corrected chi connectivity index (χ2v) is 35.1. The first kappa shape index (κ1) is 61.3. The van der Waals surface area contributed by atoms with E-state index in [1.54, 1.807) is 0 Å². The molecule has 0 saturated heterocycles. The average molecular weight is 1320 g/mol. The molecule has 12 aromatic carbocycles. The van der Waals surface area contributed by atoms with Gasteiger partial charge in [0.15, 0.2) is 0 Å². The maximum absolute atomic E-state index is 7.08. The molecule has 6 heterocycles. The zero-order valence-electron chi connectivity index (χ0n) is 56.0. The van der Waals surface area contributed by atoms with Crippen LogP contribution >= 0.6 is 0 Å². The van der Waals surface area contributed by atoms with Crippen LogP contribution in [0.1, 0.15) is 0 Å². The molecule has 100 heavy (non-hydrogen) atoms. The molecule has 0 fully saturated rings. The van der Waals surface area contributed by atoms with Gasteiger partial charge in [0.1, 0.15) is 50.5 Å². The van der Waals surface area contributed by atoms with Crippen molar-refractivity contribution in [2.45, 2.75) is 26.2 Å². The number of hydrogen-bond acceptors (Lipinski definition) is 8. The highest BCUT2D eigenvalue weighted by Crippen LogP contribution is 2.48. The second-order valence-electron chi connectivity index (χ2n) is 26.5. The van der Waals surface area contributed by atoms with Crippen molar-refractivity contribution < 1.29 is 8.83 Å². The van der Waals surface area contributed by atoms with E-state index >= 15 is 0 Å². The van der Waals surface area contributed by atoms with Crippen LogP contribution in [0.2, 0.25) is 26.2 Å². The molecule has 0 amide bonds. The number of furan rings is 2. The number of benzene rings is 12. The van der Waals surface area contributed by atoms with Crippen LogP contribution in [-0.4, -0.2) is 26.1 Å². The minimum Gasteiger partial charge on any atom is -0.456 e. The summed E-state index contributed by atoms with van der Waals surface area (Å²) in [6.07, 6.45) is 3.67. The number of aromatic nitrogens is 2. The molecule has 10 heteroatoms. The molecule has 8 nitrogen and oxygen atoms in total. The molecule has 480 valence electrons. The minimum absolute atomic E-state index is 0.859. The molecule has 4 aromatic heterocycles. The predicted octanol–water partition coefficient (Wildman–Crippen LogP) is 22.5. The molecule has 0 aliphatic carbocycles. The van der Waals surface area contributed by atoms with Crippen LogP contribution in [0.25, 0.3) is 66.8 Å². The van der Waals surface area contributed by atoms with Crippen LogP contribution in [0.4, 0.5) is 68.5 Å². The number of rotatable bonds is 14. The van der Waals surface area contributed by atoms with Crippen molar-refractivity contribution in [3.8, 4) is 44.9 Å². The van der Waals surface area contributed by atoms with E-state index in [9.17, 15) is 0 Å². The fourth-order valence-electron chi connectivity index (χ4n) is 15.2. The van der Waals surface area contributed by atoms with E-state index in [1.165, 1.54) is 64.9 Å². The molecule has 2 aliphatic rings. The predicted molar refractivity (Wildman–Crippen MR) is 422 cm³/mol. The molecule has 0 spiro atoms. The van der Waals surface area contributed by atoms with Crippen molar-refractivity contribution in [2.75, 3.05) is 19.6 Å². The van der Waals surface area contributed by atoms with E-state index < -0.39 is 16.1 Å². The maximum Gasteiger partial charge on any atom is 0.137 e. The highest BCUT2D eigenvalue weighted by atomic mass is 28.3. The van der Waals surface area contributed by atoms with Crippen molar-refractivity contribution in [1.82, 2.24) is 9.97 Å². The number of pyridine rings is 2. The lowest BCUT2D eigenvalue weighted by molar-refractivity contribution is 0.634. The summed E-state index contributed by atoms with van der Waals surface area (Å²) in [5.41, 5.74) is 19.7. The average Bonchev–Trinajstić information content (AvgIpc) is 1.55. The quantitative estimate of drug-likeness (QED) is 0.0998. The van der Waals surface area contributed by atoms with Crippen LogP contribution in [-0.2, 0) is 0 Å². The van der Waals surface area contributed by atoms with Gasteiger partial charge in [-0.25, -0.2) is 9.97 Å². The number of hydrogen-bond donors (Lipinski definition) is 0. The summed E-state index contributed by atoms with van der Waals surface area (Å²) < 4.78 is 13.9. The normalized spacial score (nSPS) is 12.8. The van der Waals surface area contributed by atoms with Gasteiger partial charge in [-0.15, -0.1) is 0 Å². The standard InChI is InChI=1S/C52H40N2OSi.C38H30N4OSi/c1-56(2)50-34-32-41(53(39-23-11-5-12-24-39)47-29-17-15-27-43(47)37-19-7-3-8-20-37)35-46(50)51-52(56)45-33-31-42(36-49(45)55-51)54(40-25-13-6-14-26-40)48-30-18-16-28-44(48)38-21-9-4-10-22-38;1-44(2)34-22-20-29(41(27-13-5-3-6-14-27)35-17-9-11-23-39-35)25-32(34)37-38(44)31-21-19-30(26-33(31)43-37)42(28-15-7-4-8-16-28)36-18-10-12-24-40-36/h3-36H,1-2H3;3-26H,1-2H3. The third-order valence-corrected chi connectivity index (χ3v) is 26.8. The molecule has 18 rings (SSSR count). The summed E-state index contributed by atoms with van der Waals surface area (Å²) in [5.74, 6) is 3.73. The molecular weight excluding hydrogens is 1250 g/mol. The Balaban J connectivity index is 0.000000154. The molecule has 0 N–H and O–H groups in total. The summed E-state index contributed by atoms with van der Waals surface area (Å²) in [6.45, 7) is 9.79. The Kier molecular flexibility index (Phi) is 15.7. The fourth-order valence-corrected chi connectivity index (χ4v) is 21.7. The van der Waals surface area contributed by atoms with E-state index in [2.05, 4.69) is 342 Å². The minimum atomic E-state index is -2.12. The van der Waals surface area contributed by atoms with E-state index in [-0.39, 0.29) is 0 Å². The van der Waals surface area contributed by atoms with E-state index in [0.29, 0.717) is 0 Å². The van der Waals surface area contributed by atoms with Crippen LogP contribution in [0, 0.1) is 0 Å². The van der Waals surface area contributed by atoms with Crippen molar-refractivity contribution in [3.63, 3.8) is 0 Å². The van der Waals surface area contributed by atoms with Crippen molar-refractivity contribution in [2.24, 2.45) is 0 Å². The highest BCUT2D eigenvalue weighted by molar-refractivity contribution is 7.05. The number of nitrogens with zero attached hydrogens (tertiary/aromatic N) is 6. The first-order valence-electron chi connectivity index (χ1n) is 34.1. The Morgan fingerprint density at radius 2 is 0.570 bits per heavy atom. The lowest BCUT2D eigenvalue weighted by Gasteiger charge is -2.29. The first-order valence-corrected chi connectivity index (χ1v) is 40.1. The highest BCUT2D eigenvalue weighted by Gasteiger charge is 2.44. The van der Waals surface area contributed by atoms with Crippen molar-refractivity contribution >= 4 is 127 Å². The molecule has 16 aromatic rings. The zero-order chi connectivity index (χ0) is 67.3. The first-order chi connectivity index (χ1) is 49.2. The van der Waals surface area contributed by atoms with Gasteiger partial charge in [0.25, 0.3) is 0 Å². The Morgan fingerprint density at radius 1 is 0.260 bits per heavy atom. The Morgan fingerprint density at radius 3 is 0.950 bits per heavy atom. The summed E-state index contributed by atoms with van der Waals surface area (Å²) in [5, 5.41) is 7.94. The summed E-state index contributed by atoms with van der Waals surface area (Å²) in [7, 11) is -4.16. The van der Waals surface area contributed by atoms with Crippen LogP contribution in [0.15, 0.2) is 361 Å². The number of fused-ring (bicyclic) bond motifs is 10. The van der Waals surface area contributed by atoms with Crippen molar-refractivity contribution in [3.05, 3.63) is 352 Å². The third kappa shape index (κ3) is 10.9. The monoisotopic (exact) mass is 1320 g/mol. The molecule has 0 radical (unpaired) electrons. The van der Waals surface area contributed by atoms with Gasteiger partial charge >= 0.3 is 0 Å². The topological polar surface area (TPSA) is 65.0 Å². The zero-order valence-corrected chi connectivity index (χ0v) is 58.0. The van der Waals surface area contributed by atoms with E-state index in [4.69, 9.17) is 13.8 Å². The SMILES string of the molecule is C[Si]1(C)c2ccc(N(c3ccccc3)c3ccccc3-c3ccccc3)cc2-c2oc3cc(N(c4ccccc4)c4ccccc4-c4ccccc4)ccc3c21.C[Si]1(C)c2ccc(N(c3ccccc3)c3ccccn3)cc2-c2oc3cc(N(c4ccccc4)c4ccccn4)ccc3c21. The molecular formula is C90H70N6O2Si2. The number of para-hydroxylation sites is 6. The van der Waals surface area contributed by atoms with Crippen LogP contribution < -0.4 is 40.3 Å². The van der Waals surface area contributed by atoms with Gasteiger partial charge in [0.2, 0.25) is 0 Å². The van der Waals surface area contributed by atoms with Crippen LogP contribution in [0.3, 0.4) is 0 Å². The van der Waals surface area contributed by atoms with Crippen LogP contribution in [0.5, 0.6) is 0 Å². The van der Waals surface area contributed by atoms with Gasteiger partial charge < -0.3 is 18.6 Å². The smallest absolute Gasteiger partial charge is 0.137 e. The van der Waals surface area contributed by atoms with E-state index in [0.717, 1.165) is 91.2 Å². The molecule has 0 atom stereocenters. The summed E-state index contributed by atoms with van der Waals surface area (Å²) in [6, 6.07) is 120. The second kappa shape index (κ2) is 25.6. The Bertz CT molecular complexity index is 5540. The lowest BCUT2D eigenvalue weighted by atomic mass is 10.0. The molecule has 0 unspecified atom stereocenters. The van der Waals surface area contributed by atoms with Gasteiger partial charge in [0.05, 0.1) is 17.1 Å². The Labute approximate surface area is 585 Å². The lowest BCUT2D eigenvalue weighted by Crippen LogP contribution is -2.49. The largest absolute Gasteiger partial charge is 0.456 e.